The highest BCUT2D eigenvalue weighted by atomic mass is 32.2. The highest BCUT2D eigenvalue weighted by molar-refractivity contribution is 7.92. The van der Waals surface area contributed by atoms with Gasteiger partial charge in [0.05, 0.1) is 49.1 Å². The lowest BCUT2D eigenvalue weighted by Gasteiger charge is -2.32. The Labute approximate surface area is 355 Å². The lowest BCUT2D eigenvalue weighted by Crippen LogP contribution is -2.51. The first-order valence-electron chi connectivity index (χ1n) is 19.3. The molecule has 0 bridgehead atoms. The van der Waals surface area contributed by atoms with Crippen LogP contribution in [-0.2, 0) is 39.2 Å². The molecule has 2 atom stereocenters. The summed E-state index contributed by atoms with van der Waals surface area (Å²) in [6.45, 7) is 6.44. The summed E-state index contributed by atoms with van der Waals surface area (Å²) in [4.78, 5) is 35.0. The standard InChI is InChI=1S/C46H50F2N4O8S/c1-31(50-59-30-32-14-9-7-10-15-32)35-24-36(26-40(25-35)52(61(6,56)57)39-17-11-8-12-18-39)44(54)49-42(23-34-20-37(47)27-38(48)21-34)43(53)29-51(45(55)60-46(2,3)4)28-33-16-13-19-41(22-33)58-5/h7-22,24-27,42-43,53H,23,28-30H2,1-6H3,(H,49,54)/b50-31+/t42-,43+/m0/s1. The Kier molecular flexibility index (Phi) is 15.2. The monoisotopic (exact) mass is 856 g/mol. The number of hydrogen-bond donors (Lipinski definition) is 2. The van der Waals surface area contributed by atoms with E-state index in [-0.39, 0.29) is 42.9 Å². The summed E-state index contributed by atoms with van der Waals surface area (Å²) in [6, 6.07) is 30.6. The van der Waals surface area contributed by atoms with Gasteiger partial charge in [-0.05, 0) is 105 Å². The third kappa shape index (κ3) is 13.6. The number of para-hydroxylation sites is 1. The fourth-order valence-corrected chi connectivity index (χ4v) is 7.38. The van der Waals surface area contributed by atoms with E-state index in [1.54, 1.807) is 88.4 Å². The Hall–Kier alpha value is -6.32. The van der Waals surface area contributed by atoms with E-state index in [1.807, 2.05) is 30.3 Å². The number of nitrogens with one attached hydrogen (secondary N) is 1. The van der Waals surface area contributed by atoms with Crippen LogP contribution in [0.1, 0.15) is 60.3 Å². The van der Waals surface area contributed by atoms with Gasteiger partial charge in [-0.1, -0.05) is 65.8 Å². The van der Waals surface area contributed by atoms with E-state index in [9.17, 15) is 31.9 Å². The van der Waals surface area contributed by atoms with Crippen LogP contribution < -0.4 is 14.4 Å². The van der Waals surface area contributed by atoms with Crippen LogP contribution in [-0.4, -0.2) is 73.8 Å². The van der Waals surface area contributed by atoms with Gasteiger partial charge in [0, 0.05) is 23.7 Å². The van der Waals surface area contributed by atoms with Crippen molar-refractivity contribution in [1.29, 1.82) is 0 Å². The van der Waals surface area contributed by atoms with E-state index in [4.69, 9.17) is 14.3 Å². The molecule has 0 aliphatic heterocycles. The summed E-state index contributed by atoms with van der Waals surface area (Å²) >= 11 is 0. The van der Waals surface area contributed by atoms with Gasteiger partial charge in [0.25, 0.3) is 5.91 Å². The minimum absolute atomic E-state index is 0.0321. The van der Waals surface area contributed by atoms with Crippen LogP contribution >= 0.6 is 0 Å². The average molecular weight is 857 g/mol. The lowest BCUT2D eigenvalue weighted by atomic mass is 9.99. The fourth-order valence-electron chi connectivity index (χ4n) is 6.39. The van der Waals surface area contributed by atoms with Gasteiger partial charge < -0.3 is 29.6 Å². The Morgan fingerprint density at radius 1 is 0.803 bits per heavy atom. The number of oxime groups is 1. The van der Waals surface area contributed by atoms with Crippen molar-refractivity contribution in [2.24, 2.45) is 5.16 Å². The fraction of sp³-hybridized carbons (Fsp3) is 0.283. The van der Waals surface area contributed by atoms with Gasteiger partial charge in [-0.2, -0.15) is 0 Å². The predicted molar refractivity (Wildman–Crippen MR) is 230 cm³/mol. The van der Waals surface area contributed by atoms with Crippen molar-refractivity contribution in [1.82, 2.24) is 10.2 Å². The van der Waals surface area contributed by atoms with Crippen LogP contribution in [0.4, 0.5) is 25.0 Å². The number of ether oxygens (including phenoxy) is 2. The van der Waals surface area contributed by atoms with E-state index < -0.39 is 51.4 Å². The van der Waals surface area contributed by atoms with Gasteiger partial charge in [-0.3, -0.25) is 4.79 Å². The molecule has 0 unspecified atom stereocenters. The van der Waals surface area contributed by atoms with Crippen LogP contribution in [0.2, 0.25) is 0 Å². The third-order valence-electron chi connectivity index (χ3n) is 9.16. The zero-order valence-corrected chi connectivity index (χ0v) is 35.7. The van der Waals surface area contributed by atoms with Crippen molar-refractivity contribution in [2.45, 2.75) is 65.0 Å². The Balaban J connectivity index is 1.55. The molecule has 2 N–H and O–H groups in total. The highest BCUT2D eigenvalue weighted by Gasteiger charge is 2.31. The quantitative estimate of drug-likeness (QED) is 0.0704. The second kappa shape index (κ2) is 20.3. The molecule has 0 saturated carbocycles. The van der Waals surface area contributed by atoms with Crippen LogP contribution in [0.25, 0.3) is 0 Å². The number of methoxy groups -OCH3 is 1. The molecule has 0 aromatic heterocycles. The van der Waals surface area contributed by atoms with Crippen molar-refractivity contribution in [3.63, 3.8) is 0 Å². The summed E-state index contributed by atoms with van der Waals surface area (Å²) in [5, 5.41) is 19.0. The maximum atomic E-state index is 14.5. The molecule has 12 nitrogen and oxygen atoms in total. The summed E-state index contributed by atoms with van der Waals surface area (Å²) in [6.07, 6.45) is -1.55. The molecule has 5 aromatic carbocycles. The molecule has 0 radical (unpaired) electrons. The van der Waals surface area contributed by atoms with E-state index in [0.29, 0.717) is 34.3 Å². The lowest BCUT2D eigenvalue weighted by molar-refractivity contribution is 0.00836. The molecule has 0 spiro atoms. The van der Waals surface area contributed by atoms with Crippen LogP contribution in [0.3, 0.4) is 0 Å². The number of anilines is 2. The van der Waals surface area contributed by atoms with Crippen molar-refractivity contribution in [2.75, 3.05) is 24.2 Å². The van der Waals surface area contributed by atoms with E-state index in [1.165, 1.54) is 24.1 Å². The number of aliphatic hydroxyl groups excluding tert-OH is 1. The number of aliphatic hydroxyl groups is 1. The third-order valence-corrected chi connectivity index (χ3v) is 10.2. The van der Waals surface area contributed by atoms with Gasteiger partial charge in [-0.15, -0.1) is 0 Å². The molecule has 2 amide bonds. The second-order valence-corrected chi connectivity index (χ2v) is 17.2. The normalized spacial score (nSPS) is 12.8. The highest BCUT2D eigenvalue weighted by Crippen LogP contribution is 2.31. The molecule has 61 heavy (non-hydrogen) atoms. The topological polar surface area (TPSA) is 147 Å². The number of hydrogen-bond acceptors (Lipinski definition) is 9. The van der Waals surface area contributed by atoms with E-state index in [2.05, 4.69) is 10.5 Å². The Morgan fingerprint density at radius 3 is 2.05 bits per heavy atom. The summed E-state index contributed by atoms with van der Waals surface area (Å²) in [5.41, 5.74) is 1.69. The number of benzene rings is 5. The maximum Gasteiger partial charge on any atom is 0.410 e. The largest absolute Gasteiger partial charge is 0.497 e. The molecule has 5 rings (SSSR count). The minimum atomic E-state index is -4.00. The van der Waals surface area contributed by atoms with Crippen molar-refractivity contribution in [3.8, 4) is 5.75 Å². The Bertz CT molecular complexity index is 2410. The molecule has 0 aliphatic rings. The van der Waals surface area contributed by atoms with Crippen LogP contribution in [0.15, 0.2) is 126 Å². The number of amides is 2. The van der Waals surface area contributed by atoms with Crippen LogP contribution in [0, 0.1) is 11.6 Å². The second-order valence-electron chi connectivity index (χ2n) is 15.4. The van der Waals surface area contributed by atoms with Crippen molar-refractivity contribution in [3.05, 3.63) is 161 Å². The van der Waals surface area contributed by atoms with E-state index >= 15 is 0 Å². The predicted octanol–water partition coefficient (Wildman–Crippen LogP) is 8.15. The molecular formula is C46H50F2N4O8S. The molecular weight excluding hydrogens is 807 g/mol. The number of carbonyl (C=O) groups is 2. The number of sulfonamides is 1. The molecule has 0 heterocycles. The summed E-state index contributed by atoms with van der Waals surface area (Å²) in [5.74, 6) is -1.98. The zero-order chi connectivity index (χ0) is 44.3. The number of halogens is 2. The molecule has 322 valence electrons. The maximum absolute atomic E-state index is 14.5. The van der Waals surface area contributed by atoms with Gasteiger partial charge in [0.1, 0.15) is 29.6 Å². The minimum Gasteiger partial charge on any atom is -0.497 e. The van der Waals surface area contributed by atoms with Gasteiger partial charge in [0.2, 0.25) is 10.0 Å². The number of carbonyl (C=O) groups excluding carboxylic acids is 2. The molecule has 0 aliphatic carbocycles. The zero-order valence-electron chi connectivity index (χ0n) is 34.8. The first-order valence-corrected chi connectivity index (χ1v) is 21.2. The van der Waals surface area contributed by atoms with Crippen LogP contribution in [0.5, 0.6) is 5.75 Å². The molecule has 15 heteroatoms. The molecule has 0 saturated heterocycles. The Morgan fingerprint density at radius 2 is 1.43 bits per heavy atom. The smallest absolute Gasteiger partial charge is 0.410 e. The van der Waals surface area contributed by atoms with Gasteiger partial charge in [0.15, 0.2) is 0 Å². The molecule has 0 fully saturated rings. The first kappa shape index (κ1) is 45.8. The van der Waals surface area contributed by atoms with Gasteiger partial charge in [-0.25, -0.2) is 26.3 Å². The van der Waals surface area contributed by atoms with Gasteiger partial charge >= 0.3 is 6.09 Å². The van der Waals surface area contributed by atoms with E-state index in [0.717, 1.165) is 28.3 Å². The SMILES string of the molecule is COc1cccc(CN(C[C@@H](O)[C@H](Cc2cc(F)cc(F)c2)NC(=O)c2cc(/C(C)=N/OCc3ccccc3)cc(N(c3ccccc3)S(C)(=O)=O)c2)C(=O)OC(C)(C)C)c1. The summed E-state index contributed by atoms with van der Waals surface area (Å²) < 4.78 is 67.9. The molecule has 5 aromatic rings. The number of nitrogens with zero attached hydrogens (tertiary/aromatic N) is 3. The first-order chi connectivity index (χ1) is 28.9. The average Bonchev–Trinajstić information content (AvgIpc) is 3.19. The summed E-state index contributed by atoms with van der Waals surface area (Å²) in [7, 11) is -2.49. The van der Waals surface area contributed by atoms with Crippen molar-refractivity contribution >= 4 is 39.1 Å². The number of rotatable bonds is 17. The van der Waals surface area contributed by atoms with Crippen molar-refractivity contribution < 1.29 is 46.2 Å².